The van der Waals surface area contributed by atoms with Crippen LogP contribution in [0.15, 0.2) is 80.2 Å². The zero-order chi connectivity index (χ0) is 18.1. The van der Waals surface area contributed by atoms with Crippen LogP contribution in [-0.4, -0.2) is 11.9 Å². The molecule has 0 N–H and O–H groups in total. The first-order valence-corrected chi connectivity index (χ1v) is 8.90. The van der Waals surface area contributed by atoms with Crippen LogP contribution < -0.4 is 0 Å². The van der Waals surface area contributed by atoms with Crippen molar-refractivity contribution in [3.8, 4) is 11.3 Å². The maximum Gasteiger partial charge on any atom is 0.363 e. The summed E-state index contributed by atoms with van der Waals surface area (Å²) in [5, 5.41) is 0.602. The lowest BCUT2D eigenvalue weighted by molar-refractivity contribution is -0.129. The highest BCUT2D eigenvalue weighted by molar-refractivity contribution is 9.10. The molecular formula is C20H11BrClNO3. The molecule has 1 aliphatic heterocycles. The highest BCUT2D eigenvalue weighted by Gasteiger charge is 2.24. The molecule has 6 heteroatoms. The molecule has 2 aromatic carbocycles. The fourth-order valence-electron chi connectivity index (χ4n) is 2.46. The quantitative estimate of drug-likeness (QED) is 0.397. The van der Waals surface area contributed by atoms with Gasteiger partial charge in [0.15, 0.2) is 5.70 Å². The van der Waals surface area contributed by atoms with Crippen LogP contribution in [0.25, 0.3) is 17.4 Å². The third kappa shape index (κ3) is 3.49. The Morgan fingerprint density at radius 1 is 0.923 bits per heavy atom. The molecule has 0 fully saturated rings. The average molecular weight is 429 g/mol. The van der Waals surface area contributed by atoms with Crippen molar-refractivity contribution in [3.63, 3.8) is 0 Å². The van der Waals surface area contributed by atoms with E-state index in [1.165, 1.54) is 0 Å². The third-order valence-electron chi connectivity index (χ3n) is 3.75. The highest BCUT2D eigenvalue weighted by Crippen LogP contribution is 2.26. The van der Waals surface area contributed by atoms with Crippen LogP contribution in [0.3, 0.4) is 0 Å². The fourth-order valence-corrected chi connectivity index (χ4v) is 2.85. The number of esters is 1. The summed E-state index contributed by atoms with van der Waals surface area (Å²) in [6.45, 7) is 0. The molecule has 0 unspecified atom stereocenters. The molecule has 1 aliphatic rings. The second-order valence-electron chi connectivity index (χ2n) is 5.55. The summed E-state index contributed by atoms with van der Waals surface area (Å²) in [5.74, 6) is 0.961. The predicted molar refractivity (Wildman–Crippen MR) is 104 cm³/mol. The van der Waals surface area contributed by atoms with E-state index in [0.29, 0.717) is 22.1 Å². The summed E-state index contributed by atoms with van der Waals surface area (Å²) in [6, 6.07) is 18.3. The number of nitrogens with zero attached hydrogens (tertiary/aromatic N) is 1. The van der Waals surface area contributed by atoms with Crippen LogP contribution in [0.1, 0.15) is 11.3 Å². The van der Waals surface area contributed by atoms with Crippen molar-refractivity contribution in [2.45, 2.75) is 0 Å². The molecule has 0 saturated heterocycles. The van der Waals surface area contributed by atoms with E-state index in [1.807, 2.05) is 30.3 Å². The minimum Gasteiger partial charge on any atom is -0.457 e. The molecule has 26 heavy (non-hydrogen) atoms. The van der Waals surface area contributed by atoms with Crippen molar-refractivity contribution >= 4 is 45.5 Å². The summed E-state index contributed by atoms with van der Waals surface area (Å²) in [7, 11) is 0. The minimum atomic E-state index is -0.517. The number of hydrogen-bond acceptors (Lipinski definition) is 4. The van der Waals surface area contributed by atoms with E-state index in [9.17, 15) is 4.79 Å². The average Bonchev–Trinajstić information content (AvgIpc) is 3.24. The first-order valence-electron chi connectivity index (χ1n) is 7.73. The standard InChI is InChI=1S/C20H11BrClNO3/c21-14-5-1-12(2-6-14)18-10-9-16(25-18)11-17-20(24)26-19(23-17)13-3-7-15(22)8-4-13/h1-11H/b17-11-. The summed E-state index contributed by atoms with van der Waals surface area (Å²) in [6.07, 6.45) is 1.56. The van der Waals surface area contributed by atoms with Gasteiger partial charge >= 0.3 is 5.97 Å². The van der Waals surface area contributed by atoms with E-state index in [1.54, 1.807) is 36.4 Å². The maximum absolute atomic E-state index is 12.1. The molecule has 0 radical (unpaired) electrons. The highest BCUT2D eigenvalue weighted by atomic mass is 79.9. The molecule has 0 spiro atoms. The van der Waals surface area contributed by atoms with E-state index < -0.39 is 5.97 Å². The van der Waals surface area contributed by atoms with Crippen LogP contribution in [-0.2, 0) is 9.53 Å². The Morgan fingerprint density at radius 2 is 1.62 bits per heavy atom. The summed E-state index contributed by atoms with van der Waals surface area (Å²) < 4.78 is 12.0. The number of cyclic esters (lactones) is 1. The summed E-state index contributed by atoms with van der Waals surface area (Å²) in [5.41, 5.74) is 1.81. The van der Waals surface area contributed by atoms with Gasteiger partial charge in [-0.15, -0.1) is 0 Å². The van der Waals surface area contributed by atoms with Crippen molar-refractivity contribution in [3.05, 3.63) is 87.2 Å². The molecule has 0 atom stereocenters. The number of ether oxygens (including phenoxy) is 1. The molecular weight excluding hydrogens is 418 g/mol. The Morgan fingerprint density at radius 3 is 2.35 bits per heavy atom. The van der Waals surface area contributed by atoms with E-state index >= 15 is 0 Å². The van der Waals surface area contributed by atoms with Crippen LogP contribution in [0, 0.1) is 0 Å². The van der Waals surface area contributed by atoms with Crippen molar-refractivity contribution in [2.24, 2.45) is 4.99 Å². The molecule has 0 saturated carbocycles. The number of furan rings is 1. The Labute approximate surface area is 162 Å². The summed E-state index contributed by atoms with van der Waals surface area (Å²) >= 11 is 9.27. The zero-order valence-corrected chi connectivity index (χ0v) is 15.6. The molecule has 0 bridgehead atoms. The van der Waals surface area contributed by atoms with E-state index in [2.05, 4.69) is 20.9 Å². The van der Waals surface area contributed by atoms with Crippen LogP contribution in [0.2, 0.25) is 5.02 Å². The second kappa shape index (κ2) is 6.94. The molecule has 0 aliphatic carbocycles. The van der Waals surface area contributed by atoms with E-state index in [0.717, 1.165) is 10.0 Å². The second-order valence-corrected chi connectivity index (χ2v) is 6.90. The van der Waals surface area contributed by atoms with Gasteiger partial charge in [0.2, 0.25) is 5.90 Å². The van der Waals surface area contributed by atoms with Crippen molar-refractivity contribution in [2.75, 3.05) is 0 Å². The maximum atomic E-state index is 12.1. The first-order chi connectivity index (χ1) is 12.6. The number of rotatable bonds is 3. The van der Waals surface area contributed by atoms with Crippen molar-refractivity contribution < 1.29 is 13.9 Å². The number of hydrogen-bond donors (Lipinski definition) is 0. The largest absolute Gasteiger partial charge is 0.457 e. The van der Waals surface area contributed by atoms with Crippen LogP contribution in [0.4, 0.5) is 0 Å². The van der Waals surface area contributed by atoms with E-state index in [4.69, 9.17) is 20.8 Å². The molecule has 2 heterocycles. The summed E-state index contributed by atoms with van der Waals surface area (Å²) in [4.78, 5) is 16.3. The van der Waals surface area contributed by atoms with Gasteiger partial charge in [0.05, 0.1) is 0 Å². The lowest BCUT2D eigenvalue weighted by Gasteiger charge is -1.98. The lowest BCUT2D eigenvalue weighted by Crippen LogP contribution is -2.05. The van der Waals surface area contributed by atoms with Gasteiger partial charge in [0, 0.05) is 26.7 Å². The third-order valence-corrected chi connectivity index (χ3v) is 4.53. The van der Waals surface area contributed by atoms with Gasteiger partial charge in [-0.2, -0.15) is 0 Å². The van der Waals surface area contributed by atoms with Gasteiger partial charge in [-0.1, -0.05) is 39.7 Å². The van der Waals surface area contributed by atoms with Crippen LogP contribution in [0.5, 0.6) is 0 Å². The van der Waals surface area contributed by atoms with E-state index in [-0.39, 0.29) is 11.6 Å². The number of halogens is 2. The Balaban J connectivity index is 1.61. The molecule has 3 aromatic rings. The van der Waals surface area contributed by atoms with Gasteiger partial charge in [0.1, 0.15) is 11.5 Å². The number of carbonyl (C=O) groups is 1. The SMILES string of the molecule is O=C1OC(c2ccc(Cl)cc2)=N/C1=C\c1ccc(-c2ccc(Br)cc2)o1. The smallest absolute Gasteiger partial charge is 0.363 e. The molecule has 128 valence electrons. The molecule has 4 nitrogen and oxygen atoms in total. The fraction of sp³-hybridized carbons (Fsp3) is 0. The topological polar surface area (TPSA) is 51.8 Å². The van der Waals surface area contributed by atoms with Gasteiger partial charge < -0.3 is 9.15 Å². The monoisotopic (exact) mass is 427 g/mol. The van der Waals surface area contributed by atoms with Gasteiger partial charge in [-0.3, -0.25) is 0 Å². The van der Waals surface area contributed by atoms with Crippen LogP contribution >= 0.6 is 27.5 Å². The van der Waals surface area contributed by atoms with Gasteiger partial charge in [-0.05, 0) is 48.5 Å². The Bertz CT molecular complexity index is 1030. The number of carbonyl (C=O) groups excluding carboxylic acids is 1. The lowest BCUT2D eigenvalue weighted by atomic mass is 10.2. The Hall–Kier alpha value is -2.63. The molecule has 1 aromatic heterocycles. The predicted octanol–water partition coefficient (Wildman–Crippen LogP) is 5.71. The minimum absolute atomic E-state index is 0.187. The van der Waals surface area contributed by atoms with Gasteiger partial charge in [0.25, 0.3) is 0 Å². The number of benzene rings is 2. The first kappa shape index (κ1) is 16.8. The zero-order valence-electron chi connectivity index (χ0n) is 13.3. The van der Waals surface area contributed by atoms with Crippen molar-refractivity contribution in [1.29, 1.82) is 0 Å². The number of aliphatic imine (C=N–C) groups is 1. The molecule has 4 rings (SSSR count). The van der Waals surface area contributed by atoms with Gasteiger partial charge in [-0.25, -0.2) is 9.79 Å². The normalized spacial score (nSPS) is 15.2. The van der Waals surface area contributed by atoms with Crippen molar-refractivity contribution in [1.82, 2.24) is 0 Å². The Kier molecular flexibility index (Phi) is 4.49. The molecule has 0 amide bonds.